The Morgan fingerprint density at radius 2 is 1.79 bits per heavy atom. The number of esters is 1. The topological polar surface area (TPSA) is 87.2 Å². The molecule has 0 aliphatic rings. The number of ether oxygens (including phenoxy) is 1. The lowest BCUT2D eigenvalue weighted by molar-refractivity contribution is 0.0428. The molecule has 0 radical (unpaired) electrons. The van der Waals surface area contributed by atoms with Gasteiger partial charge in [-0.3, -0.25) is 14.3 Å². The molecule has 0 N–H and O–H groups in total. The molecule has 0 spiro atoms. The quantitative estimate of drug-likeness (QED) is 0.370. The van der Waals surface area contributed by atoms with E-state index in [2.05, 4.69) is 9.97 Å². The molecule has 5 rings (SSSR count). The average Bonchev–Trinajstić information content (AvgIpc) is 3.29. The molecule has 3 heterocycles. The van der Waals surface area contributed by atoms with E-state index in [0.717, 1.165) is 11.1 Å². The largest absolute Gasteiger partial charge is 0.454 e. The van der Waals surface area contributed by atoms with Crippen LogP contribution in [0.15, 0.2) is 94.4 Å². The van der Waals surface area contributed by atoms with Gasteiger partial charge in [0.05, 0.1) is 0 Å². The lowest BCUT2D eigenvalue weighted by Gasteiger charge is -2.06. The van der Waals surface area contributed by atoms with Gasteiger partial charge in [-0.2, -0.15) is 4.98 Å². The highest BCUT2D eigenvalue weighted by Gasteiger charge is 2.24. The third kappa shape index (κ3) is 4.04. The first kappa shape index (κ1) is 20.4. The highest BCUT2D eigenvalue weighted by Crippen LogP contribution is 2.28. The summed E-state index contributed by atoms with van der Waals surface area (Å²) in [5.41, 5.74) is 2.52. The van der Waals surface area contributed by atoms with E-state index in [9.17, 15) is 9.59 Å². The number of pyridine rings is 2. The van der Waals surface area contributed by atoms with Crippen LogP contribution < -0.4 is 5.56 Å². The summed E-state index contributed by atoms with van der Waals surface area (Å²) in [5, 5.41) is 0.710. The number of aromatic nitrogens is 3. The smallest absolute Gasteiger partial charge is 0.395 e. The zero-order valence-corrected chi connectivity index (χ0v) is 17.8. The van der Waals surface area contributed by atoms with Gasteiger partial charge in [0.15, 0.2) is 11.6 Å². The molecule has 0 atom stereocenters. The molecule has 7 nitrogen and oxygen atoms in total. The second-order valence-corrected chi connectivity index (χ2v) is 7.53. The third-order valence-corrected chi connectivity index (χ3v) is 5.20. The average molecular weight is 437 g/mol. The molecule has 0 unspecified atom stereocenters. The minimum Gasteiger partial charge on any atom is -0.454 e. The van der Waals surface area contributed by atoms with Crippen LogP contribution in [0.5, 0.6) is 0 Å². The van der Waals surface area contributed by atoms with Gasteiger partial charge >= 0.3 is 11.9 Å². The van der Waals surface area contributed by atoms with Crippen molar-refractivity contribution < 1.29 is 13.9 Å². The summed E-state index contributed by atoms with van der Waals surface area (Å²) in [6.07, 6.45) is 3.16. The van der Waals surface area contributed by atoms with E-state index in [1.165, 1.54) is 4.57 Å². The van der Waals surface area contributed by atoms with Gasteiger partial charge in [-0.1, -0.05) is 66.2 Å². The molecule has 33 heavy (non-hydrogen) atoms. The van der Waals surface area contributed by atoms with E-state index in [-0.39, 0.29) is 23.9 Å². The molecule has 2 aromatic carbocycles. The maximum Gasteiger partial charge on any atom is 0.395 e. The van der Waals surface area contributed by atoms with Crippen molar-refractivity contribution in [3.63, 3.8) is 0 Å². The molecule has 0 aliphatic carbocycles. The van der Waals surface area contributed by atoms with Crippen molar-refractivity contribution in [1.82, 2.24) is 14.5 Å². The molecular formula is C26H19N3O4. The fraction of sp³-hybridized carbons (Fsp3) is 0.0769. The lowest BCUT2D eigenvalue weighted by atomic mass is 10.1. The molecule has 0 amide bonds. The van der Waals surface area contributed by atoms with Gasteiger partial charge in [0.25, 0.3) is 5.56 Å². The van der Waals surface area contributed by atoms with Crippen molar-refractivity contribution in [2.45, 2.75) is 13.5 Å². The van der Waals surface area contributed by atoms with Crippen LogP contribution in [0.3, 0.4) is 0 Å². The van der Waals surface area contributed by atoms with Gasteiger partial charge < -0.3 is 9.15 Å². The maximum atomic E-state index is 13.2. The lowest BCUT2D eigenvalue weighted by Crippen LogP contribution is -2.19. The van der Waals surface area contributed by atoms with Crippen molar-refractivity contribution >= 4 is 16.9 Å². The van der Waals surface area contributed by atoms with Crippen LogP contribution >= 0.6 is 0 Å². The van der Waals surface area contributed by atoms with E-state index >= 15 is 0 Å². The summed E-state index contributed by atoms with van der Waals surface area (Å²) < 4.78 is 12.6. The van der Waals surface area contributed by atoms with Gasteiger partial charge in [-0.15, -0.1) is 0 Å². The number of nitrogens with zero attached hydrogens (tertiary/aromatic N) is 3. The molecule has 3 aromatic heterocycles. The Kier molecular flexibility index (Phi) is 5.28. The maximum absolute atomic E-state index is 13.2. The number of carbonyl (C=O) groups excluding carboxylic acids is 1. The number of oxazole rings is 1. The predicted octanol–water partition coefficient (Wildman–Crippen LogP) is 4.71. The standard InChI is InChI=1S/C26H19N3O4/c1-17-9-11-20(12-10-17)22-23(29-15-13-19-8-5-14-27-21(19)25(29)30)28-24(33-22)26(31)32-16-18-6-3-2-4-7-18/h2-15H,16H2,1H3. The first-order chi connectivity index (χ1) is 16.1. The Hall–Kier alpha value is -4.52. The number of rotatable bonds is 5. The van der Waals surface area contributed by atoms with E-state index in [1.807, 2.05) is 67.6 Å². The normalized spacial score (nSPS) is 10.9. The number of fused-ring (bicyclic) bond motifs is 1. The third-order valence-electron chi connectivity index (χ3n) is 5.20. The van der Waals surface area contributed by atoms with Gasteiger partial charge in [0, 0.05) is 23.3 Å². The molecule has 0 fully saturated rings. The van der Waals surface area contributed by atoms with Gasteiger partial charge in [0.2, 0.25) is 0 Å². The van der Waals surface area contributed by atoms with E-state index in [0.29, 0.717) is 22.2 Å². The second kappa shape index (κ2) is 8.55. The first-order valence-electron chi connectivity index (χ1n) is 10.4. The molecule has 162 valence electrons. The molecule has 0 bridgehead atoms. The predicted molar refractivity (Wildman–Crippen MR) is 123 cm³/mol. The van der Waals surface area contributed by atoms with Crippen LogP contribution in [0, 0.1) is 6.92 Å². The Bertz CT molecular complexity index is 1500. The summed E-state index contributed by atoms with van der Waals surface area (Å²) in [4.78, 5) is 34.4. The zero-order valence-electron chi connectivity index (χ0n) is 17.8. The van der Waals surface area contributed by atoms with Crippen molar-refractivity contribution in [3.8, 4) is 17.1 Å². The Balaban J connectivity index is 1.58. The monoisotopic (exact) mass is 437 g/mol. The summed E-state index contributed by atoms with van der Waals surface area (Å²) in [5.74, 6) is -0.461. The first-order valence-corrected chi connectivity index (χ1v) is 10.4. The number of aryl methyl sites for hydroxylation is 1. The van der Waals surface area contributed by atoms with Gasteiger partial charge in [-0.05, 0) is 24.6 Å². The van der Waals surface area contributed by atoms with Crippen molar-refractivity contribution in [2.75, 3.05) is 0 Å². The Morgan fingerprint density at radius 1 is 1.00 bits per heavy atom. The highest BCUT2D eigenvalue weighted by molar-refractivity contribution is 5.86. The number of carbonyl (C=O) groups is 1. The van der Waals surface area contributed by atoms with Gasteiger partial charge in [-0.25, -0.2) is 4.79 Å². The number of hydrogen-bond acceptors (Lipinski definition) is 6. The summed E-state index contributed by atoms with van der Waals surface area (Å²) in [7, 11) is 0. The Labute approximate surface area is 188 Å². The second-order valence-electron chi connectivity index (χ2n) is 7.53. The molecular weight excluding hydrogens is 418 g/mol. The number of benzene rings is 2. The fourth-order valence-corrected chi connectivity index (χ4v) is 3.47. The van der Waals surface area contributed by atoms with Crippen LogP contribution in [0.25, 0.3) is 28.0 Å². The van der Waals surface area contributed by atoms with Crippen LogP contribution in [0.4, 0.5) is 0 Å². The zero-order chi connectivity index (χ0) is 22.8. The minimum atomic E-state index is -0.717. The fourth-order valence-electron chi connectivity index (χ4n) is 3.47. The Morgan fingerprint density at radius 3 is 2.58 bits per heavy atom. The van der Waals surface area contributed by atoms with Crippen LogP contribution in [-0.2, 0) is 11.3 Å². The molecule has 0 saturated heterocycles. The molecule has 0 saturated carbocycles. The SMILES string of the molecule is Cc1ccc(-c2oc(C(=O)OCc3ccccc3)nc2-n2ccc3cccnc3c2=O)cc1. The van der Waals surface area contributed by atoms with Crippen molar-refractivity contribution in [1.29, 1.82) is 0 Å². The van der Waals surface area contributed by atoms with E-state index < -0.39 is 5.97 Å². The van der Waals surface area contributed by atoms with Crippen LogP contribution in [0.2, 0.25) is 0 Å². The van der Waals surface area contributed by atoms with E-state index in [4.69, 9.17) is 9.15 Å². The number of hydrogen-bond donors (Lipinski definition) is 0. The van der Waals surface area contributed by atoms with Crippen LogP contribution in [0.1, 0.15) is 21.8 Å². The summed E-state index contributed by atoms with van der Waals surface area (Å²) >= 11 is 0. The summed E-state index contributed by atoms with van der Waals surface area (Å²) in [6.45, 7) is 2.05. The highest BCUT2D eigenvalue weighted by atomic mass is 16.5. The molecule has 0 aliphatic heterocycles. The van der Waals surface area contributed by atoms with Crippen molar-refractivity contribution in [2.24, 2.45) is 0 Å². The molecule has 7 heteroatoms. The summed E-state index contributed by atoms with van der Waals surface area (Å²) in [6, 6.07) is 22.2. The molecule has 5 aromatic rings. The van der Waals surface area contributed by atoms with Crippen molar-refractivity contribution in [3.05, 3.63) is 113 Å². The van der Waals surface area contributed by atoms with E-state index in [1.54, 1.807) is 24.5 Å². The van der Waals surface area contributed by atoms with Crippen LogP contribution in [-0.4, -0.2) is 20.5 Å². The van der Waals surface area contributed by atoms with Gasteiger partial charge in [0.1, 0.15) is 12.1 Å². The minimum absolute atomic E-state index is 0.0805.